The van der Waals surface area contributed by atoms with Gasteiger partial charge in [-0.15, -0.1) is 0 Å². The van der Waals surface area contributed by atoms with Gasteiger partial charge in [0.1, 0.15) is 11.5 Å². The minimum atomic E-state index is -4.51. The molecule has 1 aliphatic heterocycles. The van der Waals surface area contributed by atoms with Crippen molar-refractivity contribution in [1.82, 2.24) is 15.6 Å². The number of nitrogens with one attached hydrogen (secondary N) is 2. The Morgan fingerprint density at radius 3 is 2.68 bits per heavy atom. The van der Waals surface area contributed by atoms with Crippen molar-refractivity contribution < 1.29 is 17.6 Å². The van der Waals surface area contributed by atoms with Crippen LogP contribution < -0.4 is 10.6 Å². The molecule has 3 rings (SSSR count). The maximum Gasteiger partial charge on any atom is 0.433 e. The Morgan fingerprint density at radius 1 is 1.25 bits per heavy atom. The van der Waals surface area contributed by atoms with E-state index in [1.54, 1.807) is 6.07 Å². The number of hydrogen-bond acceptors (Lipinski definition) is 3. The van der Waals surface area contributed by atoms with Crippen LogP contribution in [0.3, 0.4) is 0 Å². The van der Waals surface area contributed by atoms with Gasteiger partial charge >= 0.3 is 6.18 Å². The summed E-state index contributed by atoms with van der Waals surface area (Å²) < 4.78 is 52.9. The maximum atomic E-state index is 14.6. The molecule has 0 radical (unpaired) electrons. The smallest absolute Gasteiger partial charge is 0.386 e. The molecule has 1 unspecified atom stereocenters. The Balaban J connectivity index is 1.69. The van der Waals surface area contributed by atoms with Crippen molar-refractivity contribution in [2.45, 2.75) is 51.4 Å². The minimum absolute atomic E-state index is 0.0762. The van der Waals surface area contributed by atoms with E-state index < -0.39 is 17.7 Å². The van der Waals surface area contributed by atoms with E-state index in [2.05, 4.69) is 22.5 Å². The molecule has 0 amide bonds. The number of benzene rings is 1. The van der Waals surface area contributed by atoms with Gasteiger partial charge in [0.2, 0.25) is 0 Å². The second-order valence-electron chi connectivity index (χ2n) is 7.09. The van der Waals surface area contributed by atoms with Crippen LogP contribution in [0, 0.1) is 5.82 Å². The van der Waals surface area contributed by atoms with Crippen LogP contribution in [0.2, 0.25) is 0 Å². The predicted octanol–water partition coefficient (Wildman–Crippen LogP) is 5.09. The highest BCUT2D eigenvalue weighted by atomic mass is 19.4. The molecule has 7 heteroatoms. The second kappa shape index (κ2) is 8.20. The molecule has 0 fully saturated rings. The standard InChI is InChI=1S/C21H23F4N3/c1-3-17-11-18(12-27-17)28-13(2)15-4-5-16(19(22)10-15)8-14-6-7-26-20(9-14)21(23,24)25/h4-7,9-10,12-13,17,27-28H,3,8,11H2,1-2H3/t13?,17-/m0/s1. The molecule has 0 aliphatic carbocycles. The van der Waals surface area contributed by atoms with E-state index in [0.29, 0.717) is 17.2 Å². The first-order valence-electron chi connectivity index (χ1n) is 9.28. The predicted molar refractivity (Wildman–Crippen MR) is 99.9 cm³/mol. The average molecular weight is 393 g/mol. The molecule has 150 valence electrons. The van der Waals surface area contributed by atoms with Crippen LogP contribution in [-0.4, -0.2) is 11.0 Å². The molecule has 28 heavy (non-hydrogen) atoms. The Labute approximate surface area is 161 Å². The maximum absolute atomic E-state index is 14.6. The molecule has 0 saturated heterocycles. The molecule has 1 aliphatic rings. The van der Waals surface area contributed by atoms with Gasteiger partial charge < -0.3 is 10.6 Å². The number of nitrogens with zero attached hydrogens (tertiary/aromatic N) is 1. The fourth-order valence-corrected chi connectivity index (χ4v) is 3.26. The third-order valence-electron chi connectivity index (χ3n) is 4.94. The van der Waals surface area contributed by atoms with E-state index in [0.717, 1.165) is 36.4 Å². The van der Waals surface area contributed by atoms with Crippen LogP contribution >= 0.6 is 0 Å². The van der Waals surface area contributed by atoms with Gasteiger partial charge in [-0.2, -0.15) is 13.2 Å². The molecule has 2 heterocycles. The van der Waals surface area contributed by atoms with Gasteiger partial charge in [0, 0.05) is 43.0 Å². The van der Waals surface area contributed by atoms with Gasteiger partial charge in [-0.25, -0.2) is 4.39 Å². The van der Waals surface area contributed by atoms with E-state index in [-0.39, 0.29) is 12.5 Å². The van der Waals surface area contributed by atoms with Crippen LogP contribution in [0.4, 0.5) is 17.6 Å². The van der Waals surface area contributed by atoms with Crippen LogP contribution in [0.5, 0.6) is 0 Å². The monoisotopic (exact) mass is 393 g/mol. The first-order valence-corrected chi connectivity index (χ1v) is 9.28. The Morgan fingerprint density at radius 2 is 2.04 bits per heavy atom. The highest BCUT2D eigenvalue weighted by Crippen LogP contribution is 2.28. The van der Waals surface area contributed by atoms with E-state index in [1.807, 2.05) is 19.2 Å². The van der Waals surface area contributed by atoms with Crippen molar-refractivity contribution in [2.75, 3.05) is 0 Å². The van der Waals surface area contributed by atoms with Crippen molar-refractivity contribution in [3.05, 3.63) is 76.6 Å². The molecule has 2 N–H and O–H groups in total. The fourth-order valence-electron chi connectivity index (χ4n) is 3.26. The summed E-state index contributed by atoms with van der Waals surface area (Å²) in [5.74, 6) is -0.429. The molecule has 3 nitrogen and oxygen atoms in total. The first-order chi connectivity index (χ1) is 13.3. The number of alkyl halides is 3. The van der Waals surface area contributed by atoms with Gasteiger partial charge in [-0.1, -0.05) is 19.1 Å². The zero-order chi connectivity index (χ0) is 20.3. The first kappa shape index (κ1) is 20.2. The lowest BCUT2D eigenvalue weighted by molar-refractivity contribution is -0.141. The summed E-state index contributed by atoms with van der Waals surface area (Å²) in [6.45, 7) is 4.07. The summed E-state index contributed by atoms with van der Waals surface area (Å²) in [4.78, 5) is 3.33. The van der Waals surface area contributed by atoms with Gasteiger partial charge in [0.25, 0.3) is 0 Å². The SMILES string of the molecule is CC[C@H]1CC(NC(C)c2ccc(Cc3ccnc(C(F)(F)F)c3)c(F)c2)=CN1. The molecule has 0 spiro atoms. The Kier molecular flexibility index (Phi) is 5.91. The lowest BCUT2D eigenvalue weighted by Gasteiger charge is -2.18. The molecule has 0 bridgehead atoms. The zero-order valence-corrected chi connectivity index (χ0v) is 15.8. The van der Waals surface area contributed by atoms with E-state index in [1.165, 1.54) is 12.1 Å². The molecule has 0 saturated carbocycles. The summed E-state index contributed by atoms with van der Waals surface area (Å²) in [5, 5.41) is 6.67. The van der Waals surface area contributed by atoms with Gasteiger partial charge in [-0.05, 0) is 48.2 Å². The fraction of sp³-hybridized carbons (Fsp3) is 0.381. The summed E-state index contributed by atoms with van der Waals surface area (Å²) in [7, 11) is 0. The Hall–Kier alpha value is -2.57. The zero-order valence-electron chi connectivity index (χ0n) is 15.8. The van der Waals surface area contributed by atoms with Crippen molar-refractivity contribution in [3.8, 4) is 0 Å². The summed E-state index contributed by atoms with van der Waals surface area (Å²) >= 11 is 0. The minimum Gasteiger partial charge on any atom is -0.386 e. The topological polar surface area (TPSA) is 37.0 Å². The summed E-state index contributed by atoms with van der Waals surface area (Å²) in [5.41, 5.74) is 1.62. The van der Waals surface area contributed by atoms with Crippen molar-refractivity contribution in [3.63, 3.8) is 0 Å². The normalized spacial score (nSPS) is 17.8. The van der Waals surface area contributed by atoms with Gasteiger partial charge in [-0.3, -0.25) is 4.98 Å². The molecule has 1 aromatic heterocycles. The van der Waals surface area contributed by atoms with Crippen molar-refractivity contribution in [1.29, 1.82) is 0 Å². The molecule has 2 aromatic rings. The molecule has 1 aromatic carbocycles. The van der Waals surface area contributed by atoms with Gasteiger partial charge in [0.15, 0.2) is 0 Å². The van der Waals surface area contributed by atoms with Crippen LogP contribution in [0.1, 0.15) is 55.1 Å². The highest BCUT2D eigenvalue weighted by molar-refractivity contribution is 5.32. The lowest BCUT2D eigenvalue weighted by atomic mass is 10.00. The van der Waals surface area contributed by atoms with Crippen molar-refractivity contribution >= 4 is 0 Å². The third-order valence-corrected chi connectivity index (χ3v) is 4.94. The van der Waals surface area contributed by atoms with Crippen LogP contribution in [0.15, 0.2) is 48.4 Å². The number of pyridine rings is 1. The average Bonchev–Trinajstić information content (AvgIpc) is 3.10. The van der Waals surface area contributed by atoms with E-state index in [9.17, 15) is 17.6 Å². The second-order valence-corrected chi connectivity index (χ2v) is 7.09. The van der Waals surface area contributed by atoms with E-state index >= 15 is 0 Å². The third kappa shape index (κ3) is 4.82. The highest BCUT2D eigenvalue weighted by Gasteiger charge is 2.32. The lowest BCUT2D eigenvalue weighted by Crippen LogP contribution is -2.20. The molecular formula is C21H23F4N3. The summed E-state index contributed by atoms with van der Waals surface area (Å²) in [6, 6.07) is 7.66. The van der Waals surface area contributed by atoms with Gasteiger partial charge in [0.05, 0.1) is 0 Å². The van der Waals surface area contributed by atoms with E-state index in [4.69, 9.17) is 0 Å². The number of aromatic nitrogens is 1. The van der Waals surface area contributed by atoms with Crippen molar-refractivity contribution in [2.24, 2.45) is 0 Å². The number of hydrogen-bond donors (Lipinski definition) is 2. The quantitative estimate of drug-likeness (QED) is 0.671. The molecule has 2 atom stereocenters. The largest absolute Gasteiger partial charge is 0.433 e. The van der Waals surface area contributed by atoms with Crippen LogP contribution in [-0.2, 0) is 12.6 Å². The summed E-state index contributed by atoms with van der Waals surface area (Å²) in [6.07, 6.45) is 0.558. The van der Waals surface area contributed by atoms with Crippen LogP contribution in [0.25, 0.3) is 0 Å². The number of rotatable bonds is 6. The molecular weight excluding hydrogens is 370 g/mol. The number of halogens is 4. The Bertz CT molecular complexity index is 861.